The Morgan fingerprint density at radius 1 is 1.35 bits per heavy atom. The van der Waals surface area contributed by atoms with Gasteiger partial charge >= 0.3 is 6.03 Å². The van der Waals surface area contributed by atoms with Gasteiger partial charge in [0, 0.05) is 32.2 Å². The van der Waals surface area contributed by atoms with E-state index in [9.17, 15) is 14.9 Å². The van der Waals surface area contributed by atoms with E-state index in [4.69, 9.17) is 4.74 Å². The van der Waals surface area contributed by atoms with E-state index in [1.807, 2.05) is 13.8 Å². The number of ether oxygens (including phenoxy) is 1. The number of anilines is 1. The van der Waals surface area contributed by atoms with Crippen LogP contribution >= 0.6 is 0 Å². The van der Waals surface area contributed by atoms with Crippen molar-refractivity contribution in [2.75, 3.05) is 31.5 Å². The van der Waals surface area contributed by atoms with Gasteiger partial charge in [-0.05, 0) is 19.9 Å². The third-order valence-corrected chi connectivity index (χ3v) is 3.56. The summed E-state index contributed by atoms with van der Waals surface area (Å²) in [5.41, 5.74) is 0.0575. The first kappa shape index (κ1) is 17.2. The first-order valence-electron chi connectivity index (χ1n) is 7.62. The first-order valence-corrected chi connectivity index (χ1v) is 7.62. The van der Waals surface area contributed by atoms with E-state index in [0.717, 1.165) is 13.1 Å². The molecule has 0 radical (unpaired) electrons. The maximum absolute atomic E-state index is 11.9. The molecular weight excluding hydrogens is 300 g/mol. The summed E-state index contributed by atoms with van der Waals surface area (Å²) in [6.07, 6.45) is 0.360. The number of nitrogens with one attached hydrogen (secondary N) is 2. The lowest BCUT2D eigenvalue weighted by molar-refractivity contribution is -0.383. The number of nitrogens with zero attached hydrogens (tertiary/aromatic N) is 2. The average Bonchev–Trinajstić information content (AvgIpc) is 2.46. The SMILES string of the molecule is C[C@@H]1CN(CCNC(=O)Nc2ccccc2[N+](=O)[O-])C[C@@H](C)O1. The number of para-hydroxylation sites is 2. The maximum atomic E-state index is 11.9. The molecule has 8 heteroatoms. The van der Waals surface area contributed by atoms with E-state index < -0.39 is 11.0 Å². The van der Waals surface area contributed by atoms with Crippen LogP contribution in [0.4, 0.5) is 16.2 Å². The third-order valence-electron chi connectivity index (χ3n) is 3.56. The molecule has 126 valence electrons. The second kappa shape index (κ2) is 7.89. The van der Waals surface area contributed by atoms with Crippen LogP contribution < -0.4 is 10.6 Å². The van der Waals surface area contributed by atoms with Crippen LogP contribution in [0, 0.1) is 10.1 Å². The van der Waals surface area contributed by atoms with Gasteiger partial charge in [-0.2, -0.15) is 0 Å². The summed E-state index contributed by atoms with van der Waals surface area (Å²) in [4.78, 5) is 24.5. The molecule has 1 aromatic rings. The molecule has 0 spiro atoms. The Balaban J connectivity index is 1.78. The highest BCUT2D eigenvalue weighted by atomic mass is 16.6. The summed E-state index contributed by atoms with van der Waals surface area (Å²) in [5, 5.41) is 16.1. The highest BCUT2D eigenvalue weighted by Gasteiger charge is 2.21. The molecule has 0 aliphatic carbocycles. The molecule has 2 N–H and O–H groups in total. The molecule has 1 saturated heterocycles. The van der Waals surface area contributed by atoms with Crippen molar-refractivity contribution in [3.8, 4) is 0 Å². The molecular formula is C15H22N4O4. The zero-order chi connectivity index (χ0) is 16.8. The lowest BCUT2D eigenvalue weighted by Crippen LogP contribution is -2.48. The molecule has 1 aliphatic rings. The Kier molecular flexibility index (Phi) is 5.89. The van der Waals surface area contributed by atoms with Gasteiger partial charge in [-0.3, -0.25) is 15.0 Å². The molecule has 2 amide bonds. The molecule has 8 nitrogen and oxygen atoms in total. The van der Waals surface area contributed by atoms with Crippen LogP contribution in [0.2, 0.25) is 0 Å². The molecule has 23 heavy (non-hydrogen) atoms. The van der Waals surface area contributed by atoms with Crippen LogP contribution in [0.1, 0.15) is 13.8 Å². The summed E-state index contributed by atoms with van der Waals surface area (Å²) in [6.45, 7) is 6.89. The molecule has 1 fully saturated rings. The number of morpholine rings is 1. The van der Waals surface area contributed by atoms with Gasteiger partial charge < -0.3 is 15.4 Å². The molecule has 0 saturated carbocycles. The molecule has 2 rings (SSSR count). The van der Waals surface area contributed by atoms with Crippen LogP contribution in [0.25, 0.3) is 0 Å². The lowest BCUT2D eigenvalue weighted by atomic mass is 10.2. The topological polar surface area (TPSA) is 96.7 Å². The quantitative estimate of drug-likeness (QED) is 0.637. The second-order valence-corrected chi connectivity index (χ2v) is 5.67. The average molecular weight is 322 g/mol. The zero-order valence-electron chi connectivity index (χ0n) is 13.3. The number of benzene rings is 1. The summed E-state index contributed by atoms with van der Waals surface area (Å²) < 4.78 is 5.65. The normalized spacial score (nSPS) is 21.7. The molecule has 0 aromatic heterocycles. The van der Waals surface area contributed by atoms with Crippen LogP contribution in [0.5, 0.6) is 0 Å². The van der Waals surface area contributed by atoms with Gasteiger partial charge in [0.05, 0.1) is 17.1 Å². The number of hydrogen-bond donors (Lipinski definition) is 2. The highest BCUT2D eigenvalue weighted by Crippen LogP contribution is 2.22. The van der Waals surface area contributed by atoms with Gasteiger partial charge in [0.25, 0.3) is 5.69 Å². The summed E-state index contributed by atoms with van der Waals surface area (Å²) in [7, 11) is 0. The fourth-order valence-electron chi connectivity index (χ4n) is 2.70. The fourth-order valence-corrected chi connectivity index (χ4v) is 2.70. The Morgan fingerprint density at radius 3 is 2.65 bits per heavy atom. The number of carbonyl (C=O) groups excluding carboxylic acids is 1. The molecule has 1 heterocycles. The minimum Gasteiger partial charge on any atom is -0.373 e. The standard InChI is InChI=1S/C15H22N4O4/c1-11-9-18(10-12(2)23-11)8-7-16-15(20)17-13-5-3-4-6-14(13)19(21)22/h3-6,11-12H,7-10H2,1-2H3,(H2,16,17,20)/t11-,12-/m1/s1. The second-order valence-electron chi connectivity index (χ2n) is 5.67. The third kappa shape index (κ3) is 5.19. The first-order chi connectivity index (χ1) is 11.0. The van der Waals surface area contributed by atoms with Crippen molar-refractivity contribution in [3.63, 3.8) is 0 Å². The van der Waals surface area contributed by atoms with Crippen LogP contribution in [-0.2, 0) is 4.74 Å². The van der Waals surface area contributed by atoms with Crippen molar-refractivity contribution in [1.82, 2.24) is 10.2 Å². The van der Waals surface area contributed by atoms with Crippen molar-refractivity contribution < 1.29 is 14.5 Å². The van der Waals surface area contributed by atoms with Gasteiger partial charge in [0.2, 0.25) is 0 Å². The van der Waals surface area contributed by atoms with Gasteiger partial charge in [-0.25, -0.2) is 4.79 Å². The van der Waals surface area contributed by atoms with E-state index >= 15 is 0 Å². The van der Waals surface area contributed by atoms with Crippen molar-refractivity contribution >= 4 is 17.4 Å². The zero-order valence-corrected chi connectivity index (χ0v) is 13.3. The lowest BCUT2D eigenvalue weighted by Gasteiger charge is -2.35. The van der Waals surface area contributed by atoms with Gasteiger partial charge in [0.15, 0.2) is 0 Å². The molecule has 2 atom stereocenters. The molecule has 0 bridgehead atoms. The van der Waals surface area contributed by atoms with E-state index in [0.29, 0.717) is 13.1 Å². The Hall–Kier alpha value is -2.19. The number of nitro benzene ring substituents is 1. The number of nitro groups is 1. The van der Waals surface area contributed by atoms with E-state index in [1.165, 1.54) is 12.1 Å². The predicted octanol–water partition coefficient (Wildman–Crippen LogP) is 1.83. The number of urea groups is 1. The molecule has 1 aromatic carbocycles. The highest BCUT2D eigenvalue weighted by molar-refractivity contribution is 5.91. The van der Waals surface area contributed by atoms with Crippen molar-refractivity contribution in [1.29, 1.82) is 0 Å². The van der Waals surface area contributed by atoms with Crippen molar-refractivity contribution in [2.45, 2.75) is 26.1 Å². The summed E-state index contributed by atoms with van der Waals surface area (Å²) in [5.74, 6) is 0. The number of carbonyl (C=O) groups is 1. The number of rotatable bonds is 5. The van der Waals surface area contributed by atoms with Crippen molar-refractivity contribution in [3.05, 3.63) is 34.4 Å². The molecule has 1 aliphatic heterocycles. The summed E-state index contributed by atoms with van der Waals surface area (Å²) in [6, 6.07) is 5.60. The minimum atomic E-state index is -0.522. The van der Waals surface area contributed by atoms with Gasteiger partial charge in [0.1, 0.15) is 5.69 Å². The van der Waals surface area contributed by atoms with Gasteiger partial charge in [-0.15, -0.1) is 0 Å². The Morgan fingerprint density at radius 2 is 2.00 bits per heavy atom. The smallest absolute Gasteiger partial charge is 0.319 e. The van der Waals surface area contributed by atoms with Gasteiger partial charge in [-0.1, -0.05) is 12.1 Å². The predicted molar refractivity (Wildman–Crippen MR) is 86.6 cm³/mol. The van der Waals surface area contributed by atoms with E-state index in [-0.39, 0.29) is 23.6 Å². The van der Waals surface area contributed by atoms with E-state index in [1.54, 1.807) is 12.1 Å². The minimum absolute atomic E-state index is 0.126. The monoisotopic (exact) mass is 322 g/mol. The Labute approximate surface area is 134 Å². The maximum Gasteiger partial charge on any atom is 0.319 e. The number of amides is 2. The summed E-state index contributed by atoms with van der Waals surface area (Å²) >= 11 is 0. The molecule has 0 unspecified atom stereocenters. The van der Waals surface area contributed by atoms with Crippen LogP contribution in [0.15, 0.2) is 24.3 Å². The van der Waals surface area contributed by atoms with Crippen LogP contribution in [0.3, 0.4) is 0 Å². The number of hydrogen-bond acceptors (Lipinski definition) is 5. The largest absolute Gasteiger partial charge is 0.373 e. The van der Waals surface area contributed by atoms with Crippen LogP contribution in [-0.4, -0.2) is 54.2 Å². The van der Waals surface area contributed by atoms with Crippen molar-refractivity contribution in [2.24, 2.45) is 0 Å². The Bertz CT molecular complexity index is 556. The fraction of sp³-hybridized carbons (Fsp3) is 0.533. The van der Waals surface area contributed by atoms with E-state index in [2.05, 4.69) is 15.5 Å².